The van der Waals surface area contributed by atoms with Gasteiger partial charge in [-0.3, -0.25) is 5.84 Å². The Morgan fingerprint density at radius 1 is 1.35 bits per heavy atom. The van der Waals surface area contributed by atoms with E-state index in [9.17, 15) is 0 Å². The number of aromatic nitrogens is 3. The Kier molecular flexibility index (Phi) is 3.27. The van der Waals surface area contributed by atoms with Crippen molar-refractivity contribution in [3.05, 3.63) is 47.7 Å². The molecule has 0 fully saturated rings. The minimum absolute atomic E-state index is 0.287. The molecule has 0 amide bonds. The predicted octanol–water partition coefficient (Wildman–Crippen LogP) is 0.315. The summed E-state index contributed by atoms with van der Waals surface area (Å²) in [5.74, 6) is 6.00. The predicted molar refractivity (Wildman–Crippen MR) is 64.6 cm³/mol. The molecule has 2 aromatic heterocycles. The number of hydrazine groups is 1. The van der Waals surface area contributed by atoms with Gasteiger partial charge in [0.25, 0.3) is 0 Å². The fourth-order valence-electron chi connectivity index (χ4n) is 1.64. The van der Waals surface area contributed by atoms with Gasteiger partial charge >= 0.3 is 0 Å². The Balaban J connectivity index is 2.46. The van der Waals surface area contributed by atoms with Crippen LogP contribution in [0.15, 0.2) is 30.9 Å². The highest BCUT2D eigenvalue weighted by Gasteiger charge is 2.17. The molecule has 2 heterocycles. The van der Waals surface area contributed by atoms with Crippen molar-refractivity contribution in [3.63, 3.8) is 0 Å². The highest BCUT2D eigenvalue weighted by Crippen LogP contribution is 2.23. The molecule has 0 aliphatic rings. The van der Waals surface area contributed by atoms with Crippen LogP contribution in [0.3, 0.4) is 0 Å². The number of nitrogens with zero attached hydrogens (tertiary/aromatic N) is 3. The molecule has 0 aliphatic heterocycles. The van der Waals surface area contributed by atoms with E-state index in [4.69, 9.17) is 11.6 Å². The summed E-state index contributed by atoms with van der Waals surface area (Å²) in [5.41, 5.74) is 11.1. The summed E-state index contributed by atoms with van der Waals surface area (Å²) in [6, 6.07) is 3.44. The first-order valence-corrected chi connectivity index (χ1v) is 5.16. The first kappa shape index (κ1) is 11.4. The SMILES string of the molecule is Cc1cnc(N)c(C(NN)c2ccncn2)c1. The number of pyridine rings is 1. The van der Waals surface area contributed by atoms with Crippen LogP contribution in [0.2, 0.25) is 0 Å². The largest absolute Gasteiger partial charge is 0.383 e. The average Bonchev–Trinajstić information content (AvgIpc) is 2.36. The van der Waals surface area contributed by atoms with Crippen molar-refractivity contribution in [2.75, 3.05) is 5.73 Å². The second-order valence-corrected chi connectivity index (χ2v) is 3.72. The van der Waals surface area contributed by atoms with E-state index in [2.05, 4.69) is 20.4 Å². The van der Waals surface area contributed by atoms with Crippen molar-refractivity contribution >= 4 is 5.82 Å². The molecule has 88 valence electrons. The third-order valence-corrected chi connectivity index (χ3v) is 2.46. The molecule has 2 aromatic rings. The van der Waals surface area contributed by atoms with Crippen LogP contribution in [0.25, 0.3) is 0 Å². The molecule has 0 saturated carbocycles. The van der Waals surface area contributed by atoms with Crippen molar-refractivity contribution in [1.82, 2.24) is 20.4 Å². The van der Waals surface area contributed by atoms with E-state index < -0.39 is 0 Å². The van der Waals surface area contributed by atoms with Crippen LogP contribution in [0.1, 0.15) is 22.9 Å². The highest BCUT2D eigenvalue weighted by molar-refractivity contribution is 5.45. The van der Waals surface area contributed by atoms with E-state index in [0.29, 0.717) is 5.82 Å². The van der Waals surface area contributed by atoms with Crippen molar-refractivity contribution in [3.8, 4) is 0 Å². The minimum atomic E-state index is -0.287. The summed E-state index contributed by atoms with van der Waals surface area (Å²) in [7, 11) is 0. The number of hydrogen-bond donors (Lipinski definition) is 3. The zero-order valence-corrected chi connectivity index (χ0v) is 9.46. The van der Waals surface area contributed by atoms with Crippen molar-refractivity contribution in [2.24, 2.45) is 5.84 Å². The standard InChI is InChI=1S/C11H14N6/c1-7-4-8(11(12)15-5-7)10(17-13)9-2-3-14-6-16-9/h2-6,10,17H,13H2,1H3,(H2,12,15). The molecule has 6 nitrogen and oxygen atoms in total. The number of hydrogen-bond acceptors (Lipinski definition) is 6. The number of aryl methyl sites for hydroxylation is 1. The van der Waals surface area contributed by atoms with Crippen LogP contribution in [-0.4, -0.2) is 15.0 Å². The number of nitrogens with one attached hydrogen (secondary N) is 1. The summed E-state index contributed by atoms with van der Waals surface area (Å²) >= 11 is 0. The number of nitrogen functional groups attached to an aromatic ring is 1. The molecule has 17 heavy (non-hydrogen) atoms. The lowest BCUT2D eigenvalue weighted by atomic mass is 10.0. The topological polar surface area (TPSA) is 103 Å². The van der Waals surface area contributed by atoms with Crippen molar-refractivity contribution in [1.29, 1.82) is 0 Å². The maximum Gasteiger partial charge on any atom is 0.128 e. The molecular formula is C11H14N6. The normalized spacial score (nSPS) is 12.4. The van der Waals surface area contributed by atoms with E-state index in [-0.39, 0.29) is 6.04 Å². The van der Waals surface area contributed by atoms with Gasteiger partial charge in [0.1, 0.15) is 12.1 Å². The van der Waals surface area contributed by atoms with Crippen LogP contribution in [-0.2, 0) is 0 Å². The summed E-state index contributed by atoms with van der Waals surface area (Å²) in [5, 5.41) is 0. The van der Waals surface area contributed by atoms with Gasteiger partial charge in [0.2, 0.25) is 0 Å². The molecule has 0 radical (unpaired) electrons. The maximum atomic E-state index is 5.85. The lowest BCUT2D eigenvalue weighted by Crippen LogP contribution is -2.30. The Labute approximate surface area is 99.1 Å². The lowest BCUT2D eigenvalue weighted by molar-refractivity contribution is 0.618. The second-order valence-electron chi connectivity index (χ2n) is 3.72. The van der Waals surface area contributed by atoms with Gasteiger partial charge in [0.05, 0.1) is 11.7 Å². The Morgan fingerprint density at radius 3 is 2.82 bits per heavy atom. The van der Waals surface area contributed by atoms with Gasteiger partial charge in [-0.25, -0.2) is 20.4 Å². The fourth-order valence-corrected chi connectivity index (χ4v) is 1.64. The molecular weight excluding hydrogens is 216 g/mol. The van der Waals surface area contributed by atoms with E-state index in [1.165, 1.54) is 6.33 Å². The zero-order valence-electron chi connectivity index (χ0n) is 9.46. The summed E-state index contributed by atoms with van der Waals surface area (Å²) in [4.78, 5) is 12.1. The first-order chi connectivity index (χ1) is 8.22. The quantitative estimate of drug-likeness (QED) is 0.518. The van der Waals surface area contributed by atoms with Crippen LogP contribution in [0.5, 0.6) is 0 Å². The number of anilines is 1. The van der Waals surface area contributed by atoms with Gasteiger partial charge < -0.3 is 5.73 Å². The Bertz CT molecular complexity index is 499. The van der Waals surface area contributed by atoms with Crippen LogP contribution in [0, 0.1) is 6.92 Å². The summed E-state index contributed by atoms with van der Waals surface area (Å²) in [6.45, 7) is 1.95. The number of rotatable bonds is 3. The molecule has 1 atom stereocenters. The zero-order chi connectivity index (χ0) is 12.3. The van der Waals surface area contributed by atoms with Crippen LogP contribution in [0.4, 0.5) is 5.82 Å². The first-order valence-electron chi connectivity index (χ1n) is 5.16. The number of nitrogens with two attached hydrogens (primary N) is 2. The molecule has 5 N–H and O–H groups in total. The van der Waals surface area contributed by atoms with Crippen molar-refractivity contribution in [2.45, 2.75) is 13.0 Å². The summed E-state index contributed by atoms with van der Waals surface area (Å²) in [6.07, 6.45) is 4.84. The minimum Gasteiger partial charge on any atom is -0.383 e. The van der Waals surface area contributed by atoms with E-state index in [1.54, 1.807) is 18.5 Å². The van der Waals surface area contributed by atoms with Gasteiger partial charge in [0.15, 0.2) is 0 Å². The van der Waals surface area contributed by atoms with Gasteiger partial charge in [0, 0.05) is 18.0 Å². The Morgan fingerprint density at radius 2 is 2.18 bits per heavy atom. The monoisotopic (exact) mass is 230 g/mol. The average molecular weight is 230 g/mol. The molecule has 0 spiro atoms. The third-order valence-electron chi connectivity index (χ3n) is 2.46. The van der Waals surface area contributed by atoms with Gasteiger partial charge in [-0.15, -0.1) is 0 Å². The van der Waals surface area contributed by atoms with E-state index in [1.807, 2.05) is 13.0 Å². The molecule has 0 bridgehead atoms. The van der Waals surface area contributed by atoms with Gasteiger partial charge in [-0.05, 0) is 24.6 Å². The van der Waals surface area contributed by atoms with Gasteiger partial charge in [-0.2, -0.15) is 0 Å². The summed E-state index contributed by atoms with van der Waals surface area (Å²) < 4.78 is 0. The second kappa shape index (κ2) is 4.86. The van der Waals surface area contributed by atoms with Crippen LogP contribution >= 0.6 is 0 Å². The fraction of sp³-hybridized carbons (Fsp3) is 0.182. The van der Waals surface area contributed by atoms with E-state index in [0.717, 1.165) is 16.8 Å². The van der Waals surface area contributed by atoms with Crippen molar-refractivity contribution < 1.29 is 0 Å². The van der Waals surface area contributed by atoms with Gasteiger partial charge in [-0.1, -0.05) is 0 Å². The molecule has 1 unspecified atom stereocenters. The molecule has 0 saturated heterocycles. The molecule has 0 aliphatic carbocycles. The Hall–Kier alpha value is -2.05. The maximum absolute atomic E-state index is 5.85. The molecule has 0 aromatic carbocycles. The van der Waals surface area contributed by atoms with E-state index >= 15 is 0 Å². The smallest absolute Gasteiger partial charge is 0.128 e. The molecule has 6 heteroatoms. The highest BCUT2D eigenvalue weighted by atomic mass is 15.2. The van der Waals surface area contributed by atoms with Crippen LogP contribution < -0.4 is 17.0 Å². The lowest BCUT2D eigenvalue weighted by Gasteiger charge is -2.17. The third kappa shape index (κ3) is 2.38. The molecule has 2 rings (SSSR count).